The van der Waals surface area contributed by atoms with Crippen molar-refractivity contribution in [2.24, 2.45) is 0 Å². The van der Waals surface area contributed by atoms with E-state index in [0.717, 1.165) is 5.56 Å². The number of aromatic nitrogens is 2. The predicted octanol–water partition coefficient (Wildman–Crippen LogP) is 1.01. The summed E-state index contributed by atoms with van der Waals surface area (Å²) in [7, 11) is 0. The standard InChI is InChI=1S/C11H9N3O2/c15-7-14-9-3-1-8(2-4-9)10-5-13-11(16)6-12-10/h1-7H,(H,13,16)(H,14,15). The molecule has 1 heterocycles. The Morgan fingerprint density at radius 1 is 1.25 bits per heavy atom. The SMILES string of the molecule is O=CNc1ccc(-c2c[nH]c(=O)cn2)cc1. The fraction of sp³-hybridized carbons (Fsp3) is 0. The lowest BCUT2D eigenvalue weighted by atomic mass is 10.1. The van der Waals surface area contributed by atoms with E-state index < -0.39 is 0 Å². The number of hydrogen-bond acceptors (Lipinski definition) is 3. The first-order valence-electron chi connectivity index (χ1n) is 4.65. The first-order valence-corrected chi connectivity index (χ1v) is 4.65. The summed E-state index contributed by atoms with van der Waals surface area (Å²) in [6.45, 7) is 0. The third-order valence-electron chi connectivity index (χ3n) is 2.08. The Labute approximate surface area is 91.2 Å². The first-order chi connectivity index (χ1) is 7.79. The predicted molar refractivity (Wildman–Crippen MR) is 60.0 cm³/mol. The Morgan fingerprint density at radius 3 is 2.56 bits per heavy atom. The van der Waals surface area contributed by atoms with E-state index >= 15 is 0 Å². The van der Waals surface area contributed by atoms with Crippen LogP contribution in [-0.2, 0) is 4.79 Å². The summed E-state index contributed by atoms with van der Waals surface area (Å²) in [4.78, 5) is 27.6. The number of H-pyrrole nitrogens is 1. The minimum atomic E-state index is -0.233. The van der Waals surface area contributed by atoms with Gasteiger partial charge in [-0.25, -0.2) is 4.98 Å². The lowest BCUT2D eigenvalue weighted by Crippen LogP contribution is -2.04. The van der Waals surface area contributed by atoms with E-state index in [0.29, 0.717) is 17.8 Å². The molecule has 5 nitrogen and oxygen atoms in total. The largest absolute Gasteiger partial charge is 0.329 e. The summed E-state index contributed by atoms with van der Waals surface area (Å²) >= 11 is 0. The summed E-state index contributed by atoms with van der Waals surface area (Å²) in [5, 5.41) is 2.54. The van der Waals surface area contributed by atoms with Crippen LogP contribution < -0.4 is 10.9 Å². The molecule has 0 bridgehead atoms. The van der Waals surface area contributed by atoms with E-state index in [-0.39, 0.29) is 5.56 Å². The zero-order valence-electron chi connectivity index (χ0n) is 8.31. The lowest BCUT2D eigenvalue weighted by molar-refractivity contribution is -0.105. The van der Waals surface area contributed by atoms with E-state index in [9.17, 15) is 9.59 Å². The van der Waals surface area contributed by atoms with Gasteiger partial charge < -0.3 is 10.3 Å². The minimum Gasteiger partial charge on any atom is -0.329 e. The van der Waals surface area contributed by atoms with Crippen molar-refractivity contribution < 1.29 is 4.79 Å². The maximum Gasteiger partial charge on any atom is 0.266 e. The summed E-state index contributed by atoms with van der Waals surface area (Å²) in [6.07, 6.45) is 3.39. The van der Waals surface area contributed by atoms with Crippen LogP contribution in [0, 0.1) is 0 Å². The van der Waals surface area contributed by atoms with Crippen molar-refractivity contribution in [1.29, 1.82) is 0 Å². The van der Waals surface area contributed by atoms with E-state index in [4.69, 9.17) is 0 Å². The zero-order chi connectivity index (χ0) is 11.4. The molecular formula is C11H9N3O2. The van der Waals surface area contributed by atoms with Crippen LogP contribution in [-0.4, -0.2) is 16.4 Å². The third kappa shape index (κ3) is 2.14. The van der Waals surface area contributed by atoms with Crippen LogP contribution >= 0.6 is 0 Å². The van der Waals surface area contributed by atoms with Gasteiger partial charge in [0.25, 0.3) is 5.56 Å². The first kappa shape index (κ1) is 10.1. The molecule has 0 aliphatic carbocycles. The molecule has 1 aromatic heterocycles. The molecule has 0 aliphatic heterocycles. The summed E-state index contributed by atoms with van der Waals surface area (Å²) in [5.74, 6) is 0. The van der Waals surface area contributed by atoms with E-state index in [1.54, 1.807) is 18.3 Å². The second kappa shape index (κ2) is 4.39. The van der Waals surface area contributed by atoms with Gasteiger partial charge in [-0.2, -0.15) is 0 Å². The van der Waals surface area contributed by atoms with Crippen LogP contribution in [0.4, 0.5) is 5.69 Å². The molecule has 5 heteroatoms. The topological polar surface area (TPSA) is 74.8 Å². The van der Waals surface area contributed by atoms with E-state index in [1.165, 1.54) is 6.20 Å². The summed E-state index contributed by atoms with van der Waals surface area (Å²) in [6, 6.07) is 7.14. The molecule has 0 saturated carbocycles. The summed E-state index contributed by atoms with van der Waals surface area (Å²) in [5.41, 5.74) is 2.02. The molecule has 0 unspecified atom stereocenters. The molecule has 2 aromatic rings. The maximum absolute atomic E-state index is 10.8. The zero-order valence-corrected chi connectivity index (χ0v) is 8.31. The number of benzene rings is 1. The molecule has 0 aliphatic rings. The third-order valence-corrected chi connectivity index (χ3v) is 2.08. The molecule has 0 radical (unpaired) electrons. The quantitative estimate of drug-likeness (QED) is 0.750. The average Bonchev–Trinajstić information content (AvgIpc) is 2.32. The van der Waals surface area contributed by atoms with Crippen molar-refractivity contribution in [3.05, 3.63) is 47.0 Å². The molecule has 0 fully saturated rings. The van der Waals surface area contributed by atoms with Crippen molar-refractivity contribution in [3.63, 3.8) is 0 Å². The van der Waals surface area contributed by atoms with Gasteiger partial charge in [-0.15, -0.1) is 0 Å². The second-order valence-electron chi connectivity index (χ2n) is 3.14. The van der Waals surface area contributed by atoms with Gasteiger partial charge in [-0.05, 0) is 12.1 Å². The van der Waals surface area contributed by atoms with Gasteiger partial charge in [0.15, 0.2) is 0 Å². The molecule has 2 N–H and O–H groups in total. The average molecular weight is 215 g/mol. The summed E-state index contributed by atoms with van der Waals surface area (Å²) < 4.78 is 0. The Morgan fingerprint density at radius 2 is 2.00 bits per heavy atom. The molecule has 0 spiro atoms. The monoisotopic (exact) mass is 215 g/mol. The number of carbonyl (C=O) groups is 1. The van der Waals surface area contributed by atoms with Crippen LogP contribution in [0.3, 0.4) is 0 Å². The normalized spacial score (nSPS) is 9.75. The van der Waals surface area contributed by atoms with Gasteiger partial charge in [-0.3, -0.25) is 9.59 Å². The molecular weight excluding hydrogens is 206 g/mol. The number of rotatable bonds is 3. The number of carbonyl (C=O) groups excluding carboxylic acids is 1. The number of amides is 1. The number of nitrogens with one attached hydrogen (secondary N) is 2. The molecule has 1 aromatic carbocycles. The highest BCUT2D eigenvalue weighted by atomic mass is 16.1. The molecule has 2 rings (SSSR count). The fourth-order valence-corrected chi connectivity index (χ4v) is 1.31. The van der Waals surface area contributed by atoms with Gasteiger partial charge in [0, 0.05) is 17.4 Å². The number of aromatic amines is 1. The Balaban J connectivity index is 2.30. The Kier molecular flexibility index (Phi) is 2.77. The van der Waals surface area contributed by atoms with Gasteiger partial charge in [0.05, 0.1) is 11.9 Å². The molecule has 16 heavy (non-hydrogen) atoms. The van der Waals surface area contributed by atoms with Crippen molar-refractivity contribution in [3.8, 4) is 11.3 Å². The fourth-order valence-electron chi connectivity index (χ4n) is 1.31. The van der Waals surface area contributed by atoms with Crippen molar-refractivity contribution in [2.45, 2.75) is 0 Å². The van der Waals surface area contributed by atoms with Gasteiger partial charge in [0.1, 0.15) is 0 Å². The number of anilines is 1. The van der Waals surface area contributed by atoms with Gasteiger partial charge >= 0.3 is 0 Å². The molecule has 0 atom stereocenters. The smallest absolute Gasteiger partial charge is 0.266 e. The van der Waals surface area contributed by atoms with E-state index in [2.05, 4.69) is 15.3 Å². The number of hydrogen-bond donors (Lipinski definition) is 2. The van der Waals surface area contributed by atoms with E-state index in [1.807, 2.05) is 12.1 Å². The highest BCUT2D eigenvalue weighted by molar-refractivity contribution is 5.73. The maximum atomic E-state index is 10.8. The number of nitrogens with zero attached hydrogens (tertiary/aromatic N) is 1. The highest BCUT2D eigenvalue weighted by Gasteiger charge is 1.98. The van der Waals surface area contributed by atoms with Crippen LogP contribution in [0.1, 0.15) is 0 Å². The van der Waals surface area contributed by atoms with Gasteiger partial charge in [-0.1, -0.05) is 12.1 Å². The van der Waals surface area contributed by atoms with Gasteiger partial charge in [0.2, 0.25) is 6.41 Å². The van der Waals surface area contributed by atoms with Crippen molar-refractivity contribution >= 4 is 12.1 Å². The van der Waals surface area contributed by atoms with Crippen LogP contribution in [0.2, 0.25) is 0 Å². The van der Waals surface area contributed by atoms with Crippen LogP contribution in [0.5, 0.6) is 0 Å². The van der Waals surface area contributed by atoms with Crippen LogP contribution in [0.25, 0.3) is 11.3 Å². The molecule has 80 valence electrons. The lowest BCUT2D eigenvalue weighted by Gasteiger charge is -2.01. The highest BCUT2D eigenvalue weighted by Crippen LogP contribution is 2.17. The van der Waals surface area contributed by atoms with Crippen LogP contribution in [0.15, 0.2) is 41.5 Å². The minimum absolute atomic E-state index is 0.233. The van der Waals surface area contributed by atoms with Crippen molar-refractivity contribution in [2.75, 3.05) is 5.32 Å². The molecule has 1 amide bonds. The Bertz CT molecular complexity index is 525. The Hall–Kier alpha value is -2.43. The molecule has 0 saturated heterocycles. The second-order valence-corrected chi connectivity index (χ2v) is 3.14. The van der Waals surface area contributed by atoms with Crippen molar-refractivity contribution in [1.82, 2.24) is 9.97 Å².